The highest BCUT2D eigenvalue weighted by molar-refractivity contribution is 9.10. The fourth-order valence-electron chi connectivity index (χ4n) is 1.66. The van der Waals surface area contributed by atoms with Crippen molar-refractivity contribution < 1.29 is 4.39 Å². The molecule has 0 radical (unpaired) electrons. The van der Waals surface area contributed by atoms with E-state index in [2.05, 4.69) is 26.6 Å². The van der Waals surface area contributed by atoms with E-state index in [0.717, 1.165) is 25.2 Å². The van der Waals surface area contributed by atoms with Crippen molar-refractivity contribution in [2.45, 2.75) is 6.04 Å². The van der Waals surface area contributed by atoms with Crippen molar-refractivity contribution >= 4 is 15.9 Å². The van der Waals surface area contributed by atoms with E-state index in [-0.39, 0.29) is 11.9 Å². The van der Waals surface area contributed by atoms with Gasteiger partial charge in [-0.15, -0.1) is 0 Å². The number of hydrogen-bond donors (Lipinski definition) is 2. The summed E-state index contributed by atoms with van der Waals surface area (Å²) in [5.41, 5.74) is 0.728. The molecular formula is C10H12BrFN2. The largest absolute Gasteiger partial charge is 0.314 e. The van der Waals surface area contributed by atoms with E-state index in [1.807, 2.05) is 12.1 Å². The summed E-state index contributed by atoms with van der Waals surface area (Å²) in [4.78, 5) is 0. The van der Waals surface area contributed by atoms with E-state index in [4.69, 9.17) is 0 Å². The lowest BCUT2D eigenvalue weighted by atomic mass is 10.1. The Labute approximate surface area is 91.0 Å². The highest BCUT2D eigenvalue weighted by Crippen LogP contribution is 2.23. The topological polar surface area (TPSA) is 24.1 Å². The second kappa shape index (κ2) is 4.38. The summed E-state index contributed by atoms with van der Waals surface area (Å²) in [5, 5.41) is 6.52. The molecule has 1 aliphatic heterocycles. The Morgan fingerprint density at radius 3 is 2.93 bits per heavy atom. The fraction of sp³-hybridized carbons (Fsp3) is 0.400. The third kappa shape index (κ3) is 1.97. The minimum atomic E-state index is -0.159. The predicted molar refractivity (Wildman–Crippen MR) is 57.7 cm³/mol. The number of benzene rings is 1. The molecule has 1 heterocycles. The molecule has 0 bridgehead atoms. The molecule has 1 aromatic rings. The van der Waals surface area contributed by atoms with Gasteiger partial charge in [-0.25, -0.2) is 4.39 Å². The highest BCUT2D eigenvalue weighted by atomic mass is 79.9. The van der Waals surface area contributed by atoms with Gasteiger partial charge in [0, 0.05) is 31.2 Å². The molecular weight excluding hydrogens is 247 g/mol. The lowest BCUT2D eigenvalue weighted by Crippen LogP contribution is -2.42. The smallest absolute Gasteiger partial charge is 0.142 e. The lowest BCUT2D eigenvalue weighted by molar-refractivity contribution is 0.416. The first kappa shape index (κ1) is 10.1. The highest BCUT2D eigenvalue weighted by Gasteiger charge is 2.18. The average molecular weight is 259 g/mol. The number of nitrogens with one attached hydrogen (secondary N) is 2. The van der Waals surface area contributed by atoms with Crippen molar-refractivity contribution in [1.82, 2.24) is 10.6 Å². The van der Waals surface area contributed by atoms with Crippen LogP contribution in [-0.4, -0.2) is 19.6 Å². The number of hydrogen-bond acceptors (Lipinski definition) is 2. The summed E-state index contributed by atoms with van der Waals surface area (Å²) in [6.45, 7) is 2.62. The summed E-state index contributed by atoms with van der Waals surface area (Å²) >= 11 is 3.19. The van der Waals surface area contributed by atoms with Crippen LogP contribution < -0.4 is 10.6 Å². The van der Waals surface area contributed by atoms with Crippen LogP contribution in [0.5, 0.6) is 0 Å². The zero-order valence-electron chi connectivity index (χ0n) is 7.69. The molecule has 76 valence electrons. The molecule has 0 aliphatic carbocycles. The maximum atomic E-state index is 13.7. The molecule has 1 fully saturated rings. The average Bonchev–Trinajstić information content (AvgIpc) is 2.23. The van der Waals surface area contributed by atoms with Crippen LogP contribution in [0.3, 0.4) is 0 Å². The zero-order chi connectivity index (χ0) is 9.97. The van der Waals surface area contributed by atoms with Crippen LogP contribution in [0.1, 0.15) is 11.6 Å². The van der Waals surface area contributed by atoms with Gasteiger partial charge in [-0.2, -0.15) is 0 Å². The van der Waals surface area contributed by atoms with E-state index in [0.29, 0.717) is 4.47 Å². The Morgan fingerprint density at radius 2 is 2.21 bits per heavy atom. The van der Waals surface area contributed by atoms with Gasteiger partial charge in [-0.05, 0) is 22.0 Å². The monoisotopic (exact) mass is 258 g/mol. The van der Waals surface area contributed by atoms with Crippen LogP contribution in [0.15, 0.2) is 22.7 Å². The Bertz CT molecular complexity index is 324. The Hall–Kier alpha value is -0.450. The van der Waals surface area contributed by atoms with Crippen LogP contribution in [0.25, 0.3) is 0 Å². The maximum Gasteiger partial charge on any atom is 0.142 e. The summed E-state index contributed by atoms with van der Waals surface area (Å²) in [5.74, 6) is -0.159. The van der Waals surface area contributed by atoms with Crippen molar-refractivity contribution in [3.05, 3.63) is 34.1 Å². The Morgan fingerprint density at radius 1 is 1.36 bits per heavy atom. The predicted octanol–water partition coefficient (Wildman–Crippen LogP) is 1.82. The summed E-state index contributed by atoms with van der Waals surface area (Å²) in [6.07, 6.45) is 0. The molecule has 1 saturated heterocycles. The minimum absolute atomic E-state index is 0.0845. The van der Waals surface area contributed by atoms with Crippen molar-refractivity contribution in [2.75, 3.05) is 19.6 Å². The molecule has 0 spiro atoms. The maximum absolute atomic E-state index is 13.7. The Kier molecular flexibility index (Phi) is 3.15. The van der Waals surface area contributed by atoms with E-state index in [9.17, 15) is 4.39 Å². The summed E-state index contributed by atoms with van der Waals surface area (Å²) in [7, 11) is 0. The van der Waals surface area contributed by atoms with Crippen LogP contribution >= 0.6 is 15.9 Å². The van der Waals surface area contributed by atoms with Crippen molar-refractivity contribution in [3.8, 4) is 0 Å². The van der Waals surface area contributed by atoms with Gasteiger partial charge in [-0.1, -0.05) is 12.1 Å². The third-order valence-corrected chi connectivity index (χ3v) is 3.01. The normalized spacial score (nSPS) is 22.3. The second-order valence-corrected chi connectivity index (χ2v) is 4.21. The molecule has 0 unspecified atom stereocenters. The molecule has 0 amide bonds. The van der Waals surface area contributed by atoms with Gasteiger partial charge in [0.25, 0.3) is 0 Å². The van der Waals surface area contributed by atoms with Gasteiger partial charge in [0.2, 0.25) is 0 Å². The van der Waals surface area contributed by atoms with Gasteiger partial charge in [0.05, 0.1) is 4.47 Å². The van der Waals surface area contributed by atoms with E-state index in [1.165, 1.54) is 0 Å². The molecule has 2 nitrogen and oxygen atoms in total. The molecule has 0 aromatic heterocycles. The van der Waals surface area contributed by atoms with Crippen LogP contribution in [-0.2, 0) is 0 Å². The van der Waals surface area contributed by atoms with Gasteiger partial charge in [0.15, 0.2) is 0 Å². The fourth-order valence-corrected chi connectivity index (χ4v) is 2.04. The molecule has 4 heteroatoms. The van der Waals surface area contributed by atoms with Gasteiger partial charge in [0.1, 0.15) is 5.82 Å². The molecule has 2 rings (SSSR count). The SMILES string of the molecule is Fc1c(Br)cccc1[C@H]1CNCCN1. The number of halogens is 2. The first-order valence-electron chi connectivity index (χ1n) is 4.67. The van der Waals surface area contributed by atoms with Gasteiger partial charge < -0.3 is 10.6 Å². The summed E-state index contributed by atoms with van der Waals surface area (Å²) in [6, 6.07) is 5.49. The van der Waals surface area contributed by atoms with Crippen LogP contribution in [0.2, 0.25) is 0 Å². The lowest BCUT2D eigenvalue weighted by Gasteiger charge is -2.25. The zero-order valence-corrected chi connectivity index (χ0v) is 9.27. The van der Waals surface area contributed by atoms with Gasteiger partial charge in [-0.3, -0.25) is 0 Å². The van der Waals surface area contributed by atoms with Gasteiger partial charge >= 0.3 is 0 Å². The van der Waals surface area contributed by atoms with E-state index >= 15 is 0 Å². The third-order valence-electron chi connectivity index (χ3n) is 2.40. The first-order valence-corrected chi connectivity index (χ1v) is 5.46. The molecule has 1 aromatic carbocycles. The van der Waals surface area contributed by atoms with Crippen molar-refractivity contribution in [2.24, 2.45) is 0 Å². The summed E-state index contributed by atoms with van der Waals surface area (Å²) < 4.78 is 14.2. The molecule has 1 atom stereocenters. The Balaban J connectivity index is 2.26. The number of rotatable bonds is 1. The molecule has 0 saturated carbocycles. The van der Waals surface area contributed by atoms with Crippen molar-refractivity contribution in [3.63, 3.8) is 0 Å². The van der Waals surface area contributed by atoms with E-state index in [1.54, 1.807) is 6.07 Å². The second-order valence-electron chi connectivity index (χ2n) is 3.35. The number of piperazine rings is 1. The first-order chi connectivity index (χ1) is 6.79. The minimum Gasteiger partial charge on any atom is -0.314 e. The van der Waals surface area contributed by atoms with E-state index < -0.39 is 0 Å². The quantitative estimate of drug-likeness (QED) is 0.803. The van der Waals surface area contributed by atoms with Crippen molar-refractivity contribution in [1.29, 1.82) is 0 Å². The molecule has 1 aliphatic rings. The molecule has 2 N–H and O–H groups in total. The van der Waals surface area contributed by atoms with Crippen LogP contribution in [0.4, 0.5) is 4.39 Å². The molecule has 14 heavy (non-hydrogen) atoms. The standard InChI is InChI=1S/C10H12BrFN2/c11-8-3-1-2-7(10(8)12)9-6-13-4-5-14-9/h1-3,9,13-14H,4-6H2/t9-/m1/s1. The van der Waals surface area contributed by atoms with Crippen LogP contribution in [0, 0.1) is 5.82 Å².